The Balaban J connectivity index is 1.07. The van der Waals surface area contributed by atoms with E-state index in [0.29, 0.717) is 0 Å². The minimum Gasteiger partial charge on any atom is -0.333 e. The average molecular weight is 825 g/mol. The lowest BCUT2D eigenvalue weighted by atomic mass is 9.74. The van der Waals surface area contributed by atoms with Crippen LogP contribution in [0.15, 0.2) is 188 Å². The van der Waals surface area contributed by atoms with Crippen LogP contribution < -0.4 is 9.80 Å². The molecular weight excluding hydrogens is 781 g/mol. The first-order chi connectivity index (χ1) is 31.3. The minimum atomic E-state index is -0.279. The first-order valence-corrected chi connectivity index (χ1v) is 22.5. The van der Waals surface area contributed by atoms with E-state index in [1.165, 1.54) is 83.1 Å². The number of benzene rings is 6. The van der Waals surface area contributed by atoms with Crippen LogP contribution >= 0.6 is 0 Å². The molecule has 1 aliphatic carbocycles. The number of pyridine rings is 2. The maximum Gasteiger partial charge on any atom is 0.0724 e. The van der Waals surface area contributed by atoms with Crippen molar-refractivity contribution in [2.45, 2.75) is 50.5 Å². The number of anilines is 4. The third-order valence-corrected chi connectivity index (χ3v) is 15.1. The standard InChI is InChI=1S/C58H44N6/c1-57(2)45-17-9-12-20-51(45)63-53-33-59-26-24-40(53)43-29-37(31-47(57)55(43)63)61(36-22-23-50-42(28-36)39-16-8-11-19-49(39)62(50)35-14-6-5-7-15-35)38-30-44-41-25-27-60-34-54(41)64-52-21-13-10-18-46(52)58(3,4)48(32-38)56(44)64/h5-34,42,50H,1-4H3. The van der Waals surface area contributed by atoms with Crippen molar-refractivity contribution in [2.75, 3.05) is 9.80 Å². The second kappa shape index (κ2) is 12.5. The normalized spacial score (nSPS) is 18.2. The molecule has 7 heterocycles. The van der Waals surface area contributed by atoms with Crippen LogP contribution in [0.25, 0.3) is 55.0 Å². The van der Waals surface area contributed by atoms with Crippen molar-refractivity contribution in [3.8, 4) is 11.4 Å². The third-order valence-electron chi connectivity index (χ3n) is 15.1. The predicted molar refractivity (Wildman–Crippen MR) is 262 cm³/mol. The molecule has 64 heavy (non-hydrogen) atoms. The molecule has 4 aromatic heterocycles. The van der Waals surface area contributed by atoms with Crippen molar-refractivity contribution in [1.29, 1.82) is 0 Å². The van der Waals surface area contributed by atoms with Crippen LogP contribution in [0, 0.1) is 0 Å². The van der Waals surface area contributed by atoms with Gasteiger partial charge in [0.05, 0.1) is 51.9 Å². The van der Waals surface area contributed by atoms with Gasteiger partial charge in [0.2, 0.25) is 0 Å². The molecule has 306 valence electrons. The van der Waals surface area contributed by atoms with E-state index in [-0.39, 0.29) is 22.8 Å². The first kappa shape index (κ1) is 35.9. The Hall–Kier alpha value is -7.70. The summed E-state index contributed by atoms with van der Waals surface area (Å²) in [6, 6.07) is 52.1. The Morgan fingerprint density at radius 2 is 1.03 bits per heavy atom. The largest absolute Gasteiger partial charge is 0.333 e. The monoisotopic (exact) mass is 824 g/mol. The maximum atomic E-state index is 4.69. The molecular formula is C58H44N6. The molecule has 14 rings (SSSR count). The summed E-state index contributed by atoms with van der Waals surface area (Å²) in [6.07, 6.45) is 15.3. The van der Waals surface area contributed by atoms with Crippen molar-refractivity contribution in [2.24, 2.45) is 0 Å². The van der Waals surface area contributed by atoms with E-state index in [0.717, 1.165) is 28.1 Å². The summed E-state index contributed by atoms with van der Waals surface area (Å²) in [7, 11) is 0. The summed E-state index contributed by atoms with van der Waals surface area (Å²) < 4.78 is 4.91. The van der Waals surface area contributed by atoms with Gasteiger partial charge in [-0.15, -0.1) is 0 Å². The lowest BCUT2D eigenvalue weighted by molar-refractivity contribution is 0.629. The number of allylic oxidation sites excluding steroid dienone is 1. The van der Waals surface area contributed by atoms with Crippen LogP contribution in [0.3, 0.4) is 0 Å². The van der Waals surface area contributed by atoms with Crippen molar-refractivity contribution in [3.63, 3.8) is 0 Å². The fourth-order valence-electron chi connectivity index (χ4n) is 12.2. The van der Waals surface area contributed by atoms with Crippen molar-refractivity contribution < 1.29 is 0 Å². The van der Waals surface area contributed by atoms with Crippen LogP contribution in [0.1, 0.15) is 61.4 Å². The highest BCUT2D eigenvalue weighted by atomic mass is 15.2. The number of nitrogens with zero attached hydrogens (tertiary/aromatic N) is 6. The van der Waals surface area contributed by atoms with E-state index in [2.05, 4.69) is 214 Å². The van der Waals surface area contributed by atoms with Gasteiger partial charge < -0.3 is 18.9 Å². The fourth-order valence-corrected chi connectivity index (χ4v) is 12.2. The molecule has 0 bridgehead atoms. The Labute approximate surface area is 371 Å². The molecule has 2 unspecified atom stereocenters. The second-order valence-corrected chi connectivity index (χ2v) is 19.1. The Bertz CT molecular complexity index is 3530. The van der Waals surface area contributed by atoms with Gasteiger partial charge in [-0.05, 0) is 101 Å². The van der Waals surface area contributed by atoms with Gasteiger partial charge >= 0.3 is 0 Å². The van der Waals surface area contributed by atoms with Gasteiger partial charge in [0, 0.05) is 79.1 Å². The molecule has 0 saturated heterocycles. The van der Waals surface area contributed by atoms with Gasteiger partial charge in [-0.1, -0.05) is 113 Å². The Morgan fingerprint density at radius 3 is 1.61 bits per heavy atom. The third kappa shape index (κ3) is 4.54. The molecule has 6 aromatic carbocycles. The number of rotatable bonds is 4. The van der Waals surface area contributed by atoms with Crippen molar-refractivity contribution >= 4 is 66.4 Å². The SMILES string of the molecule is CC1(C)c2ccccc2-n2c3cnccc3c3cc(N(C4=CC5c6ccccc6N(c6ccccc6)C5C=C4)c4cc5c6c(c4)c4ccncc4n6-c4ccccc4C5(C)C)cc1c32. The number of hydrogen-bond donors (Lipinski definition) is 0. The van der Waals surface area contributed by atoms with E-state index < -0.39 is 0 Å². The zero-order valence-electron chi connectivity index (χ0n) is 36.2. The lowest BCUT2D eigenvalue weighted by Crippen LogP contribution is -2.31. The molecule has 6 nitrogen and oxygen atoms in total. The number of hydrogen-bond acceptors (Lipinski definition) is 4. The number of aromatic nitrogens is 4. The molecule has 0 amide bonds. The molecule has 10 aromatic rings. The Kier molecular flexibility index (Phi) is 6.99. The van der Waals surface area contributed by atoms with E-state index in [1.807, 2.05) is 24.8 Å². The van der Waals surface area contributed by atoms with Crippen LogP contribution in [0.5, 0.6) is 0 Å². The van der Waals surface area contributed by atoms with Gasteiger partial charge in [0.15, 0.2) is 0 Å². The molecule has 0 saturated carbocycles. The van der Waals surface area contributed by atoms with E-state index in [4.69, 9.17) is 0 Å². The zero-order valence-corrected chi connectivity index (χ0v) is 36.2. The molecule has 2 atom stereocenters. The molecule has 3 aliphatic heterocycles. The van der Waals surface area contributed by atoms with Crippen LogP contribution in [0.2, 0.25) is 0 Å². The van der Waals surface area contributed by atoms with E-state index in [1.54, 1.807) is 0 Å². The molecule has 0 spiro atoms. The summed E-state index contributed by atoms with van der Waals surface area (Å²) in [5.41, 5.74) is 19.1. The van der Waals surface area contributed by atoms with Crippen molar-refractivity contribution in [1.82, 2.24) is 19.1 Å². The highest BCUT2D eigenvalue weighted by Gasteiger charge is 2.41. The topological polar surface area (TPSA) is 42.1 Å². The average Bonchev–Trinajstić information content (AvgIpc) is 3.97. The molecule has 0 N–H and O–H groups in total. The second-order valence-electron chi connectivity index (χ2n) is 19.1. The summed E-state index contributed by atoms with van der Waals surface area (Å²) >= 11 is 0. The lowest BCUT2D eigenvalue weighted by Gasteiger charge is -2.38. The van der Waals surface area contributed by atoms with Gasteiger partial charge in [-0.25, -0.2) is 0 Å². The molecule has 0 radical (unpaired) electrons. The van der Waals surface area contributed by atoms with Gasteiger partial charge in [-0.3, -0.25) is 9.97 Å². The minimum absolute atomic E-state index is 0.135. The van der Waals surface area contributed by atoms with Gasteiger partial charge in [0.25, 0.3) is 0 Å². The van der Waals surface area contributed by atoms with E-state index >= 15 is 0 Å². The van der Waals surface area contributed by atoms with Crippen LogP contribution in [0.4, 0.5) is 22.7 Å². The summed E-state index contributed by atoms with van der Waals surface area (Å²) in [5.74, 6) is 0.135. The predicted octanol–water partition coefficient (Wildman–Crippen LogP) is 13.8. The van der Waals surface area contributed by atoms with Gasteiger partial charge in [0.1, 0.15) is 0 Å². The number of para-hydroxylation sites is 4. The summed E-state index contributed by atoms with van der Waals surface area (Å²) in [4.78, 5) is 14.5. The van der Waals surface area contributed by atoms with Crippen molar-refractivity contribution in [3.05, 3.63) is 216 Å². The maximum absolute atomic E-state index is 4.69. The fraction of sp³-hybridized carbons (Fsp3) is 0.138. The quantitative estimate of drug-likeness (QED) is 0.177. The molecule has 6 heteroatoms. The highest BCUT2D eigenvalue weighted by molar-refractivity contribution is 6.14. The summed E-state index contributed by atoms with van der Waals surface area (Å²) in [6.45, 7) is 9.58. The Morgan fingerprint density at radius 1 is 0.516 bits per heavy atom. The number of fused-ring (bicyclic) bond motifs is 13. The zero-order chi connectivity index (χ0) is 42.6. The first-order valence-electron chi connectivity index (χ1n) is 22.5. The van der Waals surface area contributed by atoms with Crippen LogP contribution in [-0.4, -0.2) is 25.1 Å². The van der Waals surface area contributed by atoms with E-state index in [9.17, 15) is 0 Å². The van der Waals surface area contributed by atoms with Crippen LogP contribution in [-0.2, 0) is 10.8 Å². The highest BCUT2D eigenvalue weighted by Crippen LogP contribution is 2.54. The van der Waals surface area contributed by atoms with Gasteiger partial charge in [-0.2, -0.15) is 0 Å². The molecule has 4 aliphatic rings. The summed E-state index contributed by atoms with van der Waals surface area (Å²) in [5, 5.41) is 4.87. The smallest absolute Gasteiger partial charge is 0.0724 e. The molecule has 0 fully saturated rings.